The fourth-order valence-corrected chi connectivity index (χ4v) is 4.42. The number of rotatable bonds is 7. The number of anilines is 2. The summed E-state index contributed by atoms with van der Waals surface area (Å²) < 4.78 is 3.09. The molecule has 1 amide bonds. The summed E-state index contributed by atoms with van der Waals surface area (Å²) >= 11 is 6.31. The Hall–Kier alpha value is -4.18. The van der Waals surface area contributed by atoms with Crippen LogP contribution in [0.15, 0.2) is 59.9 Å². The molecule has 0 bridgehead atoms. The third kappa shape index (κ3) is 4.12. The molecule has 5 rings (SSSR count). The monoisotopic (exact) mass is 490 g/mol. The van der Waals surface area contributed by atoms with Gasteiger partial charge in [-0.05, 0) is 24.6 Å². The van der Waals surface area contributed by atoms with Gasteiger partial charge in [0.2, 0.25) is 5.91 Å². The van der Waals surface area contributed by atoms with Crippen molar-refractivity contribution >= 4 is 45.6 Å². The maximum Gasteiger partial charge on any atom is 0.284 e. The van der Waals surface area contributed by atoms with Crippen LogP contribution in [0.1, 0.15) is 26.1 Å². The van der Waals surface area contributed by atoms with Gasteiger partial charge in [-0.2, -0.15) is 5.10 Å². The van der Waals surface area contributed by atoms with Crippen LogP contribution in [-0.2, 0) is 11.3 Å². The predicted molar refractivity (Wildman–Crippen MR) is 135 cm³/mol. The number of nitrogens with zero attached hydrogens (tertiary/aromatic N) is 6. The molecule has 4 heterocycles. The van der Waals surface area contributed by atoms with Crippen LogP contribution >= 0.6 is 11.6 Å². The molecule has 0 fully saturated rings. The van der Waals surface area contributed by atoms with Gasteiger partial charge < -0.3 is 15.2 Å². The highest BCUT2D eigenvalue weighted by Gasteiger charge is 2.22. The Morgan fingerprint density at radius 2 is 2.00 bits per heavy atom. The Labute approximate surface area is 205 Å². The number of halogens is 1. The third-order valence-corrected chi connectivity index (χ3v) is 5.91. The molecular formula is C24H23ClN8O2. The van der Waals surface area contributed by atoms with Gasteiger partial charge in [-0.3, -0.25) is 14.2 Å². The molecule has 0 aliphatic heterocycles. The van der Waals surface area contributed by atoms with Crippen LogP contribution in [0.2, 0.25) is 5.02 Å². The quantitative estimate of drug-likeness (QED) is 0.359. The van der Waals surface area contributed by atoms with Crippen molar-refractivity contribution in [1.29, 1.82) is 0 Å². The molecule has 178 valence electrons. The lowest BCUT2D eigenvalue weighted by molar-refractivity contribution is -0.114. The molecule has 0 unspecified atom stereocenters. The molecule has 0 spiro atoms. The van der Waals surface area contributed by atoms with Crippen LogP contribution < -0.4 is 15.8 Å². The highest BCUT2D eigenvalue weighted by Crippen LogP contribution is 2.31. The van der Waals surface area contributed by atoms with Crippen molar-refractivity contribution in [3.05, 3.63) is 76.3 Å². The van der Waals surface area contributed by atoms with E-state index in [0.29, 0.717) is 51.1 Å². The zero-order valence-corrected chi connectivity index (χ0v) is 20.0. The number of nitrogens with one attached hydrogen (secondary N) is 2. The van der Waals surface area contributed by atoms with E-state index >= 15 is 0 Å². The summed E-state index contributed by atoms with van der Waals surface area (Å²) in [7, 11) is 0. The van der Waals surface area contributed by atoms with Crippen LogP contribution in [-0.4, -0.2) is 41.6 Å². The van der Waals surface area contributed by atoms with E-state index in [9.17, 15) is 9.59 Å². The van der Waals surface area contributed by atoms with Gasteiger partial charge in [-0.1, -0.05) is 36.7 Å². The predicted octanol–water partition coefficient (Wildman–Crippen LogP) is 3.78. The van der Waals surface area contributed by atoms with Crippen molar-refractivity contribution in [2.75, 3.05) is 16.8 Å². The largest absolute Gasteiger partial charge is 0.348 e. The lowest BCUT2D eigenvalue weighted by Crippen LogP contribution is -2.32. The van der Waals surface area contributed by atoms with E-state index in [2.05, 4.69) is 27.2 Å². The first kappa shape index (κ1) is 22.6. The van der Waals surface area contributed by atoms with E-state index in [1.54, 1.807) is 23.0 Å². The summed E-state index contributed by atoms with van der Waals surface area (Å²) in [5.41, 5.74) is 1.92. The van der Waals surface area contributed by atoms with Crippen molar-refractivity contribution < 1.29 is 4.79 Å². The number of H-pyrrole nitrogens is 1. The minimum Gasteiger partial charge on any atom is -0.348 e. The van der Waals surface area contributed by atoms with Crippen LogP contribution in [0.25, 0.3) is 22.2 Å². The van der Waals surface area contributed by atoms with Gasteiger partial charge in [0.05, 0.1) is 28.3 Å². The zero-order valence-electron chi connectivity index (χ0n) is 19.2. The summed E-state index contributed by atoms with van der Waals surface area (Å²) in [6.07, 6.45) is 5.66. The maximum atomic E-state index is 13.6. The molecular weight excluding hydrogens is 468 g/mol. The number of carbonyl (C=O) groups is 1. The average molecular weight is 491 g/mol. The first-order valence-corrected chi connectivity index (χ1v) is 11.5. The normalized spacial score (nSPS) is 11.3. The number of aromatic nitrogens is 6. The van der Waals surface area contributed by atoms with Crippen molar-refractivity contribution in [3.63, 3.8) is 0 Å². The lowest BCUT2D eigenvalue weighted by Gasteiger charge is -2.25. The molecule has 0 saturated carbocycles. The fraction of sp³-hybridized carbons (Fsp3) is 0.208. The summed E-state index contributed by atoms with van der Waals surface area (Å²) in [5, 5.41) is 8.62. The third-order valence-electron chi connectivity index (χ3n) is 5.60. The Bertz CT molecular complexity index is 1590. The highest BCUT2D eigenvalue weighted by atomic mass is 35.5. The van der Waals surface area contributed by atoms with Crippen LogP contribution in [0.3, 0.4) is 0 Å². The summed E-state index contributed by atoms with van der Waals surface area (Å²) in [6.45, 7) is 4.42. The molecule has 0 atom stereocenters. The van der Waals surface area contributed by atoms with Gasteiger partial charge in [0.15, 0.2) is 5.82 Å². The van der Waals surface area contributed by atoms with Crippen molar-refractivity contribution in [2.24, 2.45) is 0 Å². The van der Waals surface area contributed by atoms with Crippen LogP contribution in [0.4, 0.5) is 11.5 Å². The summed E-state index contributed by atoms with van der Waals surface area (Å²) in [6, 6.07) is 11.0. The lowest BCUT2D eigenvalue weighted by atomic mass is 10.2. The van der Waals surface area contributed by atoms with Crippen LogP contribution in [0, 0.1) is 0 Å². The van der Waals surface area contributed by atoms with Gasteiger partial charge in [-0.25, -0.2) is 14.5 Å². The standard InChI is InChI=1S/C24H23ClN8O2/c1-3-10-31(23-20-18(29-15(2)34)12-26-22(20)27-14-28-23)13-19-30-32-11-9-17(25)21(32)24(35)33(19)16-7-5-4-6-8-16/h4-9,11-12,14H,3,10,13H2,1-2H3,(H,29,34)(H,26,27,28). The molecule has 0 aliphatic rings. The molecule has 1 aromatic carbocycles. The fourth-order valence-electron chi connectivity index (χ4n) is 4.20. The number of benzene rings is 1. The second-order valence-electron chi connectivity index (χ2n) is 8.08. The zero-order chi connectivity index (χ0) is 24.5. The van der Waals surface area contributed by atoms with E-state index in [1.807, 2.05) is 35.2 Å². The van der Waals surface area contributed by atoms with Crippen molar-refractivity contribution in [3.8, 4) is 5.69 Å². The second kappa shape index (κ2) is 9.22. The second-order valence-corrected chi connectivity index (χ2v) is 8.48. The van der Waals surface area contributed by atoms with Gasteiger partial charge in [0, 0.05) is 25.9 Å². The molecule has 0 aliphatic carbocycles. The molecule has 2 N–H and O–H groups in total. The maximum absolute atomic E-state index is 13.6. The summed E-state index contributed by atoms with van der Waals surface area (Å²) in [4.78, 5) is 39.3. The number of carbonyl (C=O) groups excluding carboxylic acids is 1. The Kier molecular flexibility index (Phi) is 5.96. The molecule has 0 saturated heterocycles. The van der Waals surface area contributed by atoms with E-state index < -0.39 is 0 Å². The van der Waals surface area contributed by atoms with Crippen molar-refractivity contribution in [1.82, 2.24) is 29.1 Å². The number of hydrogen-bond acceptors (Lipinski definition) is 6. The minimum atomic E-state index is -0.263. The van der Waals surface area contributed by atoms with E-state index in [1.165, 1.54) is 17.8 Å². The van der Waals surface area contributed by atoms with Gasteiger partial charge in [-0.15, -0.1) is 0 Å². The Morgan fingerprint density at radius 3 is 2.74 bits per heavy atom. The van der Waals surface area contributed by atoms with Crippen LogP contribution in [0.5, 0.6) is 0 Å². The average Bonchev–Trinajstić information content (AvgIpc) is 3.42. The molecule has 4 aromatic heterocycles. The molecule has 0 radical (unpaired) electrons. The molecule has 35 heavy (non-hydrogen) atoms. The molecule has 10 nitrogen and oxygen atoms in total. The topological polar surface area (TPSA) is 113 Å². The van der Waals surface area contributed by atoms with Gasteiger partial charge in [0.25, 0.3) is 5.56 Å². The highest BCUT2D eigenvalue weighted by molar-refractivity contribution is 6.33. The van der Waals surface area contributed by atoms with Gasteiger partial charge in [0.1, 0.15) is 23.3 Å². The Balaban J connectivity index is 1.69. The molecule has 5 aromatic rings. The molecule has 11 heteroatoms. The van der Waals surface area contributed by atoms with E-state index in [4.69, 9.17) is 16.7 Å². The van der Waals surface area contributed by atoms with Crippen molar-refractivity contribution in [2.45, 2.75) is 26.8 Å². The number of para-hydroxylation sites is 1. The Morgan fingerprint density at radius 1 is 1.20 bits per heavy atom. The van der Waals surface area contributed by atoms with E-state index in [-0.39, 0.29) is 18.0 Å². The first-order chi connectivity index (χ1) is 17.0. The number of hydrogen-bond donors (Lipinski definition) is 2. The number of amides is 1. The van der Waals surface area contributed by atoms with Gasteiger partial charge >= 0.3 is 0 Å². The van der Waals surface area contributed by atoms with E-state index in [0.717, 1.165) is 6.42 Å². The smallest absolute Gasteiger partial charge is 0.284 e. The SMILES string of the molecule is CCCN(Cc1nn2ccc(Cl)c2c(=O)n1-c1ccccc1)c1ncnc2[nH]cc(NC(C)=O)c12. The summed E-state index contributed by atoms with van der Waals surface area (Å²) in [5.74, 6) is 0.941. The minimum absolute atomic E-state index is 0.197. The number of fused-ring (bicyclic) bond motifs is 2. The first-order valence-electron chi connectivity index (χ1n) is 11.2. The number of aromatic amines is 1.